The normalized spacial score (nSPS) is 20.4. The largest absolute Gasteiger partial charge is 0.367 e. The summed E-state index contributed by atoms with van der Waals surface area (Å²) in [6.07, 6.45) is 11.2. The number of aromatic nitrogens is 2. The van der Waals surface area contributed by atoms with Gasteiger partial charge in [-0.05, 0) is 37.8 Å². The lowest BCUT2D eigenvalue weighted by Crippen LogP contribution is -2.23. The van der Waals surface area contributed by atoms with Gasteiger partial charge >= 0.3 is 0 Å². The van der Waals surface area contributed by atoms with Crippen LogP contribution in [0.2, 0.25) is 5.02 Å². The van der Waals surface area contributed by atoms with Crippen molar-refractivity contribution in [2.45, 2.75) is 56.9 Å². The predicted molar refractivity (Wildman–Crippen MR) is 82.7 cm³/mol. The van der Waals surface area contributed by atoms with Crippen molar-refractivity contribution in [1.29, 1.82) is 0 Å². The molecule has 1 N–H and O–H groups in total. The highest BCUT2D eigenvalue weighted by atomic mass is 35.5. The summed E-state index contributed by atoms with van der Waals surface area (Å²) in [7, 11) is 0. The van der Waals surface area contributed by atoms with Crippen molar-refractivity contribution in [2.75, 3.05) is 5.32 Å². The zero-order valence-electron chi connectivity index (χ0n) is 11.6. The fraction of sp³-hybridized carbons (Fsp3) is 0.562. The number of rotatable bonds is 3. The molecule has 0 saturated heterocycles. The van der Waals surface area contributed by atoms with Crippen molar-refractivity contribution in [3.63, 3.8) is 0 Å². The van der Waals surface area contributed by atoms with Crippen LogP contribution in [0.15, 0.2) is 18.3 Å². The third kappa shape index (κ3) is 2.28. The van der Waals surface area contributed by atoms with Crippen LogP contribution in [-0.2, 0) is 0 Å². The summed E-state index contributed by atoms with van der Waals surface area (Å²) in [6.45, 7) is 0. The topological polar surface area (TPSA) is 29.3 Å². The minimum Gasteiger partial charge on any atom is -0.367 e. The first kappa shape index (κ1) is 12.5. The third-order valence-corrected chi connectivity index (χ3v) is 4.74. The lowest BCUT2D eigenvalue weighted by molar-refractivity contribution is 0.461. The highest BCUT2D eigenvalue weighted by Gasteiger charge is 2.31. The zero-order chi connectivity index (χ0) is 13.5. The number of hydrogen-bond acceptors (Lipinski definition) is 2. The molecule has 4 rings (SSSR count). The highest BCUT2D eigenvalue weighted by Crippen LogP contribution is 2.43. The fourth-order valence-corrected chi connectivity index (χ4v) is 3.42. The second-order valence-electron chi connectivity index (χ2n) is 6.17. The third-order valence-electron chi connectivity index (χ3n) is 4.52. The molecule has 2 aromatic rings. The second kappa shape index (κ2) is 4.96. The van der Waals surface area contributed by atoms with E-state index in [9.17, 15) is 0 Å². The standard InChI is InChI=1S/C16H20ClN3/c17-12-8-9-14-19-15(11-6-7-11)16(20(14)10-12)18-13-4-2-1-3-5-13/h8-11,13,18H,1-7H2. The maximum Gasteiger partial charge on any atom is 0.138 e. The van der Waals surface area contributed by atoms with E-state index in [4.69, 9.17) is 16.6 Å². The van der Waals surface area contributed by atoms with Crippen LogP contribution >= 0.6 is 11.6 Å². The lowest BCUT2D eigenvalue weighted by atomic mass is 9.95. The minimum absolute atomic E-state index is 0.597. The summed E-state index contributed by atoms with van der Waals surface area (Å²) < 4.78 is 2.14. The summed E-state index contributed by atoms with van der Waals surface area (Å²) in [5.74, 6) is 1.84. The van der Waals surface area contributed by atoms with Crippen molar-refractivity contribution in [1.82, 2.24) is 9.38 Å². The van der Waals surface area contributed by atoms with Gasteiger partial charge in [0, 0.05) is 18.2 Å². The quantitative estimate of drug-likeness (QED) is 0.894. The van der Waals surface area contributed by atoms with Gasteiger partial charge in [-0.1, -0.05) is 30.9 Å². The second-order valence-corrected chi connectivity index (χ2v) is 6.61. The average molecular weight is 290 g/mol. The predicted octanol–water partition coefficient (Wildman–Crippen LogP) is 4.61. The Kier molecular flexibility index (Phi) is 3.10. The van der Waals surface area contributed by atoms with Gasteiger partial charge in [0.15, 0.2) is 0 Å². The van der Waals surface area contributed by atoms with Crippen molar-refractivity contribution in [3.8, 4) is 0 Å². The van der Waals surface area contributed by atoms with Crippen LogP contribution in [-0.4, -0.2) is 15.4 Å². The summed E-state index contributed by atoms with van der Waals surface area (Å²) in [4.78, 5) is 4.82. The smallest absolute Gasteiger partial charge is 0.138 e. The van der Waals surface area contributed by atoms with Gasteiger partial charge in [0.25, 0.3) is 0 Å². The van der Waals surface area contributed by atoms with Gasteiger partial charge in [-0.2, -0.15) is 0 Å². The van der Waals surface area contributed by atoms with Crippen LogP contribution in [0.4, 0.5) is 5.82 Å². The molecule has 106 valence electrons. The van der Waals surface area contributed by atoms with Gasteiger partial charge in [-0.15, -0.1) is 0 Å². The highest BCUT2D eigenvalue weighted by molar-refractivity contribution is 6.30. The number of halogens is 1. The Bertz CT molecular complexity index is 624. The molecule has 0 bridgehead atoms. The molecule has 2 saturated carbocycles. The van der Waals surface area contributed by atoms with Crippen LogP contribution in [0.25, 0.3) is 5.65 Å². The molecule has 0 amide bonds. The molecule has 2 fully saturated rings. The number of pyridine rings is 1. The maximum absolute atomic E-state index is 6.16. The van der Waals surface area contributed by atoms with E-state index in [2.05, 4.69) is 9.72 Å². The van der Waals surface area contributed by atoms with Crippen LogP contribution < -0.4 is 5.32 Å². The van der Waals surface area contributed by atoms with E-state index >= 15 is 0 Å². The van der Waals surface area contributed by atoms with Crippen molar-refractivity contribution in [2.24, 2.45) is 0 Å². The monoisotopic (exact) mass is 289 g/mol. The van der Waals surface area contributed by atoms with E-state index in [1.54, 1.807) is 0 Å². The average Bonchev–Trinajstić information content (AvgIpc) is 3.25. The van der Waals surface area contributed by atoms with Gasteiger partial charge in [0.2, 0.25) is 0 Å². The van der Waals surface area contributed by atoms with Crippen LogP contribution in [0.5, 0.6) is 0 Å². The molecule has 2 aliphatic carbocycles. The Morgan fingerprint density at radius 2 is 1.90 bits per heavy atom. The van der Waals surface area contributed by atoms with Crippen LogP contribution in [0, 0.1) is 0 Å². The Morgan fingerprint density at radius 1 is 1.10 bits per heavy atom. The Morgan fingerprint density at radius 3 is 2.65 bits per heavy atom. The summed E-state index contributed by atoms with van der Waals surface area (Å²) in [5, 5.41) is 4.53. The Labute approximate surface area is 124 Å². The van der Waals surface area contributed by atoms with E-state index < -0.39 is 0 Å². The first-order valence-corrected chi connectivity index (χ1v) is 8.13. The molecule has 0 radical (unpaired) electrons. The van der Waals surface area contributed by atoms with Gasteiger partial charge in [-0.3, -0.25) is 4.40 Å². The van der Waals surface area contributed by atoms with Crippen LogP contribution in [0.1, 0.15) is 56.6 Å². The molecule has 2 aromatic heterocycles. The van der Waals surface area contributed by atoms with E-state index in [1.807, 2.05) is 18.3 Å². The van der Waals surface area contributed by atoms with Crippen molar-refractivity contribution >= 4 is 23.1 Å². The zero-order valence-corrected chi connectivity index (χ0v) is 12.4. The summed E-state index contributed by atoms with van der Waals surface area (Å²) in [5.41, 5.74) is 2.26. The van der Waals surface area contributed by atoms with Gasteiger partial charge < -0.3 is 5.32 Å². The lowest BCUT2D eigenvalue weighted by Gasteiger charge is -2.24. The number of fused-ring (bicyclic) bond motifs is 1. The van der Waals surface area contributed by atoms with Gasteiger partial charge in [0.1, 0.15) is 11.5 Å². The molecular formula is C16H20ClN3. The van der Waals surface area contributed by atoms with Crippen molar-refractivity contribution < 1.29 is 0 Å². The molecular weight excluding hydrogens is 270 g/mol. The molecule has 0 spiro atoms. The molecule has 0 unspecified atom stereocenters. The first-order chi connectivity index (χ1) is 9.81. The Hall–Kier alpha value is -1.22. The van der Waals surface area contributed by atoms with E-state index in [0.717, 1.165) is 10.7 Å². The first-order valence-electron chi connectivity index (χ1n) is 7.75. The summed E-state index contributed by atoms with van der Waals surface area (Å²) >= 11 is 6.16. The molecule has 0 atom stereocenters. The number of nitrogens with one attached hydrogen (secondary N) is 1. The van der Waals surface area contributed by atoms with Gasteiger partial charge in [-0.25, -0.2) is 4.98 Å². The van der Waals surface area contributed by atoms with E-state index in [-0.39, 0.29) is 0 Å². The minimum atomic E-state index is 0.597. The molecule has 0 aliphatic heterocycles. The summed E-state index contributed by atoms with van der Waals surface area (Å²) in [6, 6.07) is 4.53. The van der Waals surface area contributed by atoms with E-state index in [0.29, 0.717) is 12.0 Å². The number of imidazole rings is 1. The molecule has 2 aliphatic rings. The molecule has 20 heavy (non-hydrogen) atoms. The van der Waals surface area contributed by atoms with Crippen LogP contribution in [0.3, 0.4) is 0 Å². The number of anilines is 1. The maximum atomic E-state index is 6.16. The van der Waals surface area contributed by atoms with Gasteiger partial charge in [0.05, 0.1) is 10.7 Å². The van der Waals surface area contributed by atoms with E-state index in [1.165, 1.54) is 56.5 Å². The SMILES string of the molecule is Clc1ccc2nc(C3CC3)c(NC3CCCCC3)n2c1. The Balaban J connectivity index is 1.74. The molecule has 3 nitrogen and oxygen atoms in total. The molecule has 0 aromatic carbocycles. The van der Waals surface area contributed by atoms with Crippen molar-refractivity contribution in [3.05, 3.63) is 29.0 Å². The number of nitrogens with zero attached hydrogens (tertiary/aromatic N) is 2. The molecule has 2 heterocycles. The molecule has 4 heteroatoms. The number of hydrogen-bond donors (Lipinski definition) is 1. The fourth-order valence-electron chi connectivity index (χ4n) is 3.26.